The van der Waals surface area contributed by atoms with Crippen LogP contribution < -0.4 is 5.32 Å². The van der Waals surface area contributed by atoms with E-state index in [1.54, 1.807) is 32.9 Å². The Balaban J connectivity index is 2.19. The second-order valence-corrected chi connectivity index (χ2v) is 5.59. The van der Waals surface area contributed by atoms with E-state index in [2.05, 4.69) is 10.3 Å². The van der Waals surface area contributed by atoms with Crippen molar-refractivity contribution in [1.29, 1.82) is 0 Å². The number of rotatable bonds is 3. The number of hydrogen-bond donors (Lipinski definition) is 1. The van der Waals surface area contributed by atoms with Crippen LogP contribution in [-0.4, -0.2) is 11.7 Å². The summed E-state index contributed by atoms with van der Waals surface area (Å²) in [5.41, 5.74) is 3.63. The summed E-state index contributed by atoms with van der Waals surface area (Å²) >= 11 is 0. The van der Waals surface area contributed by atoms with Gasteiger partial charge in [-0.25, -0.2) is 9.38 Å². The van der Waals surface area contributed by atoms with Crippen LogP contribution in [0.3, 0.4) is 0 Å². The maximum absolute atomic E-state index is 13.5. The smallest absolute Gasteiger partial charge is 0.256 e. The fourth-order valence-corrected chi connectivity index (χ4v) is 2.26. The molecule has 0 aromatic heterocycles. The SMILES string of the molecule is CCc1cccc(C(=O)NC(C)=Nc2cc(C)c(F)cc2C)c1. The second-order valence-electron chi connectivity index (χ2n) is 5.59. The first-order valence-electron chi connectivity index (χ1n) is 7.63. The molecule has 0 saturated carbocycles. The number of amides is 1. The lowest BCUT2D eigenvalue weighted by atomic mass is 10.1. The first-order valence-corrected chi connectivity index (χ1v) is 7.63. The quantitative estimate of drug-likeness (QED) is 0.658. The molecule has 2 rings (SSSR count). The maximum atomic E-state index is 13.5. The number of nitrogens with one attached hydrogen (secondary N) is 1. The molecule has 0 aliphatic heterocycles. The maximum Gasteiger partial charge on any atom is 0.256 e. The fourth-order valence-electron chi connectivity index (χ4n) is 2.26. The molecule has 2 aromatic carbocycles. The third kappa shape index (κ3) is 4.25. The van der Waals surface area contributed by atoms with Gasteiger partial charge < -0.3 is 5.32 Å². The monoisotopic (exact) mass is 312 g/mol. The van der Waals surface area contributed by atoms with Crippen LogP contribution in [0.5, 0.6) is 0 Å². The predicted molar refractivity (Wildman–Crippen MR) is 91.9 cm³/mol. The summed E-state index contributed by atoms with van der Waals surface area (Å²) in [6.45, 7) is 7.25. The molecule has 0 unspecified atom stereocenters. The van der Waals surface area contributed by atoms with Crippen molar-refractivity contribution in [1.82, 2.24) is 5.32 Å². The van der Waals surface area contributed by atoms with Crippen molar-refractivity contribution in [2.24, 2.45) is 4.99 Å². The van der Waals surface area contributed by atoms with Gasteiger partial charge in [0.05, 0.1) is 5.69 Å². The van der Waals surface area contributed by atoms with Gasteiger partial charge in [0.15, 0.2) is 0 Å². The summed E-state index contributed by atoms with van der Waals surface area (Å²) in [5, 5.41) is 2.77. The van der Waals surface area contributed by atoms with Gasteiger partial charge in [-0.2, -0.15) is 0 Å². The van der Waals surface area contributed by atoms with E-state index in [1.165, 1.54) is 6.07 Å². The highest BCUT2D eigenvalue weighted by Gasteiger charge is 2.08. The average molecular weight is 312 g/mol. The molecule has 0 fully saturated rings. The van der Waals surface area contributed by atoms with Crippen molar-refractivity contribution in [3.8, 4) is 0 Å². The van der Waals surface area contributed by atoms with Gasteiger partial charge >= 0.3 is 0 Å². The van der Waals surface area contributed by atoms with Crippen LogP contribution in [0.1, 0.15) is 40.9 Å². The van der Waals surface area contributed by atoms with E-state index in [0.29, 0.717) is 22.6 Å². The third-order valence-corrected chi connectivity index (χ3v) is 3.66. The number of nitrogens with zero attached hydrogens (tertiary/aromatic N) is 1. The van der Waals surface area contributed by atoms with E-state index in [-0.39, 0.29) is 11.7 Å². The molecule has 0 saturated heterocycles. The number of amidine groups is 1. The highest BCUT2D eigenvalue weighted by molar-refractivity contribution is 6.06. The second kappa shape index (κ2) is 7.18. The van der Waals surface area contributed by atoms with Crippen LogP contribution in [0.2, 0.25) is 0 Å². The zero-order valence-electron chi connectivity index (χ0n) is 13.9. The van der Waals surface area contributed by atoms with Crippen molar-refractivity contribution in [3.05, 3.63) is 64.5 Å². The fraction of sp³-hybridized carbons (Fsp3) is 0.263. The largest absolute Gasteiger partial charge is 0.310 e. The van der Waals surface area contributed by atoms with Crippen LogP contribution in [-0.2, 0) is 6.42 Å². The van der Waals surface area contributed by atoms with E-state index in [9.17, 15) is 9.18 Å². The van der Waals surface area contributed by atoms with Crippen LogP contribution in [0.4, 0.5) is 10.1 Å². The molecule has 1 amide bonds. The summed E-state index contributed by atoms with van der Waals surface area (Å²) in [7, 11) is 0. The molecule has 0 aliphatic rings. The van der Waals surface area contributed by atoms with Gasteiger partial charge in [-0.05, 0) is 68.1 Å². The van der Waals surface area contributed by atoms with Gasteiger partial charge in [0.2, 0.25) is 0 Å². The van der Waals surface area contributed by atoms with Crippen LogP contribution >= 0.6 is 0 Å². The Morgan fingerprint density at radius 3 is 2.61 bits per heavy atom. The highest BCUT2D eigenvalue weighted by atomic mass is 19.1. The van der Waals surface area contributed by atoms with Gasteiger partial charge in [-0.15, -0.1) is 0 Å². The number of aryl methyl sites for hydroxylation is 3. The van der Waals surface area contributed by atoms with Crippen LogP contribution in [0.15, 0.2) is 41.4 Å². The number of halogens is 1. The zero-order valence-corrected chi connectivity index (χ0v) is 13.9. The average Bonchev–Trinajstić information content (AvgIpc) is 2.52. The molecule has 0 heterocycles. The van der Waals surface area contributed by atoms with Gasteiger partial charge in [0, 0.05) is 5.56 Å². The summed E-state index contributed by atoms with van der Waals surface area (Å²) in [4.78, 5) is 16.7. The van der Waals surface area contributed by atoms with Gasteiger partial charge in [0.1, 0.15) is 11.7 Å². The van der Waals surface area contributed by atoms with Crippen molar-refractivity contribution in [2.75, 3.05) is 0 Å². The van der Waals surface area contributed by atoms with Gasteiger partial charge in [-0.3, -0.25) is 4.79 Å². The van der Waals surface area contributed by atoms with Crippen molar-refractivity contribution in [3.63, 3.8) is 0 Å². The Bertz CT molecular complexity index is 766. The minimum atomic E-state index is -0.250. The Hall–Kier alpha value is -2.49. The van der Waals surface area contributed by atoms with E-state index in [1.807, 2.05) is 25.1 Å². The number of aliphatic imine (C=N–C) groups is 1. The van der Waals surface area contributed by atoms with E-state index < -0.39 is 0 Å². The first-order chi connectivity index (χ1) is 10.9. The molecule has 23 heavy (non-hydrogen) atoms. The Kier molecular flexibility index (Phi) is 5.27. The van der Waals surface area contributed by atoms with Crippen LogP contribution in [0.25, 0.3) is 0 Å². The van der Waals surface area contributed by atoms with Crippen molar-refractivity contribution in [2.45, 2.75) is 34.1 Å². The molecule has 0 atom stereocenters. The number of hydrogen-bond acceptors (Lipinski definition) is 2. The normalized spacial score (nSPS) is 11.4. The Morgan fingerprint density at radius 1 is 1.17 bits per heavy atom. The van der Waals surface area contributed by atoms with E-state index in [4.69, 9.17) is 0 Å². The number of carbonyl (C=O) groups excluding carboxylic acids is 1. The third-order valence-electron chi connectivity index (χ3n) is 3.66. The van der Waals surface area contributed by atoms with Gasteiger partial charge in [-0.1, -0.05) is 19.1 Å². The summed E-state index contributed by atoms with van der Waals surface area (Å²) in [6.07, 6.45) is 0.877. The van der Waals surface area contributed by atoms with Crippen molar-refractivity contribution < 1.29 is 9.18 Å². The standard InChI is InChI=1S/C19H21FN2O/c1-5-15-7-6-8-16(11-15)19(23)22-14(4)21-18-10-12(2)17(20)9-13(18)3/h6-11H,5H2,1-4H3,(H,21,22,23). The van der Waals surface area contributed by atoms with Crippen LogP contribution in [0, 0.1) is 19.7 Å². The van der Waals surface area contributed by atoms with Gasteiger partial charge in [0.25, 0.3) is 5.91 Å². The molecule has 0 spiro atoms. The molecule has 2 aromatic rings. The molecule has 120 valence electrons. The highest BCUT2D eigenvalue weighted by Crippen LogP contribution is 2.22. The summed E-state index contributed by atoms with van der Waals surface area (Å²) in [6, 6.07) is 10.6. The molecule has 0 aliphatic carbocycles. The first kappa shape index (κ1) is 16.9. The molecular weight excluding hydrogens is 291 g/mol. The lowest BCUT2D eigenvalue weighted by molar-refractivity contribution is 0.0977. The minimum Gasteiger partial charge on any atom is -0.310 e. The zero-order chi connectivity index (χ0) is 17.0. The number of carbonyl (C=O) groups is 1. The summed E-state index contributed by atoms with van der Waals surface area (Å²) in [5.74, 6) is 0.0311. The molecule has 0 bridgehead atoms. The molecule has 4 heteroatoms. The van der Waals surface area contributed by atoms with Crippen molar-refractivity contribution >= 4 is 17.4 Å². The predicted octanol–water partition coefficient (Wildman–Crippen LogP) is 4.48. The summed E-state index contributed by atoms with van der Waals surface area (Å²) < 4.78 is 13.5. The topological polar surface area (TPSA) is 41.5 Å². The lowest BCUT2D eigenvalue weighted by Crippen LogP contribution is -2.28. The van der Waals surface area contributed by atoms with E-state index >= 15 is 0 Å². The molecular formula is C19H21FN2O. The number of benzene rings is 2. The van der Waals surface area contributed by atoms with E-state index in [0.717, 1.165) is 17.5 Å². The Labute approximate surface area is 136 Å². The molecule has 0 radical (unpaired) electrons. The molecule has 1 N–H and O–H groups in total. The molecule has 3 nitrogen and oxygen atoms in total. The minimum absolute atomic E-state index is 0.196. The lowest BCUT2D eigenvalue weighted by Gasteiger charge is -2.08. The Morgan fingerprint density at radius 2 is 1.91 bits per heavy atom.